The molecule has 1 saturated heterocycles. The second-order valence-corrected chi connectivity index (χ2v) is 6.61. The summed E-state index contributed by atoms with van der Waals surface area (Å²) < 4.78 is 31.7. The highest BCUT2D eigenvalue weighted by Gasteiger charge is 2.28. The van der Waals surface area contributed by atoms with Gasteiger partial charge < -0.3 is 4.74 Å². The minimum absolute atomic E-state index is 0. The maximum absolute atomic E-state index is 12.6. The molecule has 0 N–H and O–H groups in total. The Morgan fingerprint density at radius 3 is 2.52 bits per heavy atom. The quantitative estimate of drug-likeness (QED) is 0.769. The summed E-state index contributed by atoms with van der Waals surface area (Å²) in [5, 5.41) is 0. The molecule has 1 aromatic rings. The van der Waals surface area contributed by atoms with E-state index in [1.807, 2.05) is 6.08 Å². The minimum atomic E-state index is -3.43. The molecule has 1 aliphatic rings. The van der Waals surface area contributed by atoms with Gasteiger partial charge in [-0.1, -0.05) is 12.1 Å². The Morgan fingerprint density at radius 2 is 1.95 bits per heavy atom. The van der Waals surface area contributed by atoms with Gasteiger partial charge in [0.1, 0.15) is 5.75 Å². The summed E-state index contributed by atoms with van der Waals surface area (Å²) in [5.74, 6) is 0.552. The summed E-state index contributed by atoms with van der Waals surface area (Å²) in [6, 6.07) is 6.60. The number of halogens is 1. The van der Waals surface area contributed by atoms with Crippen LogP contribution in [0.15, 0.2) is 41.8 Å². The normalized spacial score (nSPS) is 17.0. The average Bonchev–Trinajstić information content (AvgIpc) is 2.48. The van der Waals surface area contributed by atoms with E-state index in [9.17, 15) is 8.42 Å². The van der Waals surface area contributed by atoms with Crippen molar-refractivity contribution in [1.29, 1.82) is 0 Å². The van der Waals surface area contributed by atoms with Crippen LogP contribution in [-0.4, -0.2) is 57.5 Å². The van der Waals surface area contributed by atoms with Gasteiger partial charge in [0, 0.05) is 38.8 Å². The molecule has 2 rings (SSSR count). The van der Waals surface area contributed by atoms with Gasteiger partial charge in [-0.25, -0.2) is 8.42 Å². The molecule has 0 spiro atoms. The van der Waals surface area contributed by atoms with E-state index < -0.39 is 10.0 Å². The lowest BCUT2D eigenvalue weighted by Crippen LogP contribution is -2.48. The molecular formula is C14H21ClN2O3S. The van der Waals surface area contributed by atoms with Gasteiger partial charge in [-0.15, -0.1) is 19.0 Å². The number of ether oxygens (including phenoxy) is 1. The predicted molar refractivity (Wildman–Crippen MR) is 85.6 cm³/mol. The number of benzene rings is 1. The van der Waals surface area contributed by atoms with Crippen LogP contribution in [0.5, 0.6) is 5.75 Å². The summed E-state index contributed by atoms with van der Waals surface area (Å²) in [6.45, 7) is 6.98. The van der Waals surface area contributed by atoms with Gasteiger partial charge >= 0.3 is 0 Å². The molecule has 0 bridgehead atoms. The molecule has 118 valence electrons. The highest BCUT2D eigenvalue weighted by atomic mass is 35.5. The summed E-state index contributed by atoms with van der Waals surface area (Å²) in [5.41, 5.74) is 0. The molecular weight excluding hydrogens is 312 g/mol. The van der Waals surface area contributed by atoms with Crippen molar-refractivity contribution in [2.45, 2.75) is 4.90 Å². The number of hydrogen-bond donors (Lipinski definition) is 0. The van der Waals surface area contributed by atoms with E-state index in [0.29, 0.717) is 18.8 Å². The third-order valence-electron chi connectivity index (χ3n) is 3.40. The SMILES string of the molecule is C=CCN1CCN(S(=O)(=O)c2cccc(OC)c2)CC1.Cl. The van der Waals surface area contributed by atoms with Gasteiger partial charge in [-0.3, -0.25) is 4.90 Å². The number of hydrogen-bond acceptors (Lipinski definition) is 4. The van der Waals surface area contributed by atoms with E-state index in [4.69, 9.17) is 4.74 Å². The van der Waals surface area contributed by atoms with Crippen LogP contribution < -0.4 is 4.74 Å². The van der Waals surface area contributed by atoms with Gasteiger partial charge in [0.25, 0.3) is 0 Å². The standard InChI is InChI=1S/C14H20N2O3S.ClH/c1-3-7-15-8-10-16(11-9-15)20(17,18)14-6-4-5-13(12-14)19-2;/h3-6,12H,1,7-11H2,2H3;1H. The highest BCUT2D eigenvalue weighted by Crippen LogP contribution is 2.21. The highest BCUT2D eigenvalue weighted by molar-refractivity contribution is 7.89. The third kappa shape index (κ3) is 4.20. The van der Waals surface area contributed by atoms with Gasteiger partial charge in [-0.2, -0.15) is 4.31 Å². The molecule has 7 heteroatoms. The summed E-state index contributed by atoms with van der Waals surface area (Å²) in [6.07, 6.45) is 1.84. The zero-order valence-electron chi connectivity index (χ0n) is 12.1. The number of piperazine rings is 1. The van der Waals surface area contributed by atoms with Crippen molar-refractivity contribution in [3.63, 3.8) is 0 Å². The van der Waals surface area contributed by atoms with Crippen LogP contribution >= 0.6 is 12.4 Å². The number of rotatable bonds is 5. The van der Waals surface area contributed by atoms with E-state index in [-0.39, 0.29) is 17.3 Å². The number of nitrogens with zero attached hydrogens (tertiary/aromatic N) is 2. The Labute approximate surface area is 132 Å². The van der Waals surface area contributed by atoms with Crippen molar-refractivity contribution in [1.82, 2.24) is 9.21 Å². The van der Waals surface area contributed by atoms with Crippen molar-refractivity contribution in [3.8, 4) is 5.75 Å². The van der Waals surface area contributed by atoms with Crippen LogP contribution in [0.1, 0.15) is 0 Å². The molecule has 1 heterocycles. The topological polar surface area (TPSA) is 49.9 Å². The maximum atomic E-state index is 12.6. The lowest BCUT2D eigenvalue weighted by molar-refractivity contribution is 0.204. The molecule has 1 fully saturated rings. The summed E-state index contributed by atoms with van der Waals surface area (Å²) >= 11 is 0. The van der Waals surface area contributed by atoms with Crippen LogP contribution in [0.3, 0.4) is 0 Å². The second-order valence-electron chi connectivity index (χ2n) is 4.67. The second kappa shape index (κ2) is 7.79. The monoisotopic (exact) mass is 332 g/mol. The van der Waals surface area contributed by atoms with Crippen molar-refractivity contribution >= 4 is 22.4 Å². The Balaban J connectivity index is 0.00000220. The first-order valence-corrected chi connectivity index (χ1v) is 7.99. The zero-order chi connectivity index (χ0) is 14.6. The average molecular weight is 333 g/mol. The Bertz CT molecular complexity index is 569. The smallest absolute Gasteiger partial charge is 0.243 e. The van der Waals surface area contributed by atoms with Crippen LogP contribution in [0.4, 0.5) is 0 Å². The van der Waals surface area contributed by atoms with E-state index in [0.717, 1.165) is 19.6 Å². The van der Waals surface area contributed by atoms with E-state index in [1.165, 1.54) is 11.4 Å². The fourth-order valence-corrected chi connectivity index (χ4v) is 3.70. The lowest BCUT2D eigenvalue weighted by atomic mass is 10.3. The van der Waals surface area contributed by atoms with E-state index in [1.54, 1.807) is 24.3 Å². The van der Waals surface area contributed by atoms with Crippen molar-refractivity contribution in [2.24, 2.45) is 0 Å². The minimum Gasteiger partial charge on any atom is -0.497 e. The fourth-order valence-electron chi connectivity index (χ4n) is 2.25. The predicted octanol–water partition coefficient (Wildman–Crippen LogP) is 1.61. The summed E-state index contributed by atoms with van der Waals surface area (Å²) in [7, 11) is -1.90. The van der Waals surface area contributed by atoms with Gasteiger partial charge in [-0.05, 0) is 12.1 Å². The molecule has 0 saturated carbocycles. The molecule has 21 heavy (non-hydrogen) atoms. The summed E-state index contributed by atoms with van der Waals surface area (Å²) in [4.78, 5) is 2.47. The van der Waals surface area contributed by atoms with Gasteiger partial charge in [0.05, 0.1) is 12.0 Å². The Morgan fingerprint density at radius 1 is 1.29 bits per heavy atom. The molecule has 1 aliphatic heterocycles. The van der Waals surface area contributed by atoms with Crippen LogP contribution in [-0.2, 0) is 10.0 Å². The molecule has 0 unspecified atom stereocenters. The first-order valence-electron chi connectivity index (χ1n) is 6.55. The molecule has 5 nitrogen and oxygen atoms in total. The van der Waals surface area contributed by atoms with E-state index in [2.05, 4.69) is 11.5 Å². The van der Waals surface area contributed by atoms with Gasteiger partial charge in [0.2, 0.25) is 10.0 Å². The molecule has 0 amide bonds. The molecule has 1 aromatic carbocycles. The number of sulfonamides is 1. The Hall–Kier alpha value is -1.08. The Kier molecular flexibility index (Phi) is 6.67. The molecule has 0 aliphatic carbocycles. The molecule has 0 radical (unpaired) electrons. The van der Waals surface area contributed by atoms with Crippen LogP contribution in [0.25, 0.3) is 0 Å². The van der Waals surface area contributed by atoms with Crippen LogP contribution in [0.2, 0.25) is 0 Å². The van der Waals surface area contributed by atoms with E-state index >= 15 is 0 Å². The van der Waals surface area contributed by atoms with Crippen molar-refractivity contribution in [2.75, 3.05) is 39.8 Å². The fraction of sp³-hybridized carbons (Fsp3) is 0.429. The van der Waals surface area contributed by atoms with Crippen molar-refractivity contribution < 1.29 is 13.2 Å². The lowest BCUT2D eigenvalue weighted by Gasteiger charge is -2.33. The molecule has 0 atom stereocenters. The first kappa shape index (κ1) is 18.0. The van der Waals surface area contributed by atoms with Crippen molar-refractivity contribution in [3.05, 3.63) is 36.9 Å². The largest absolute Gasteiger partial charge is 0.497 e. The van der Waals surface area contributed by atoms with Crippen LogP contribution in [0, 0.1) is 0 Å². The third-order valence-corrected chi connectivity index (χ3v) is 5.29. The number of methoxy groups -OCH3 is 1. The van der Waals surface area contributed by atoms with Gasteiger partial charge in [0.15, 0.2) is 0 Å². The maximum Gasteiger partial charge on any atom is 0.243 e. The first-order chi connectivity index (χ1) is 9.57. The molecule has 0 aromatic heterocycles. The zero-order valence-corrected chi connectivity index (χ0v) is 13.7.